The summed E-state index contributed by atoms with van der Waals surface area (Å²) in [5.41, 5.74) is 5.52. The molecule has 96 valence electrons. The van der Waals surface area contributed by atoms with E-state index in [1.54, 1.807) is 42.4 Å². The summed E-state index contributed by atoms with van der Waals surface area (Å²) in [4.78, 5) is 9.25. The van der Waals surface area contributed by atoms with Crippen LogP contribution in [0, 0.1) is 0 Å². The van der Waals surface area contributed by atoms with Gasteiger partial charge in [0.1, 0.15) is 5.82 Å². The quantitative estimate of drug-likeness (QED) is 0.731. The second kappa shape index (κ2) is 5.15. The van der Waals surface area contributed by atoms with Crippen LogP contribution in [0.3, 0.4) is 0 Å². The van der Waals surface area contributed by atoms with Crippen LogP contribution in [0.15, 0.2) is 50.6 Å². The van der Waals surface area contributed by atoms with Crippen molar-refractivity contribution < 1.29 is 8.94 Å². The Morgan fingerprint density at radius 3 is 2.95 bits per heavy atom. The number of nitrogens with zero attached hydrogens (tertiary/aromatic N) is 3. The molecule has 3 heterocycles. The third-order valence-corrected chi connectivity index (χ3v) is 3.30. The van der Waals surface area contributed by atoms with Crippen molar-refractivity contribution >= 4 is 17.6 Å². The van der Waals surface area contributed by atoms with Gasteiger partial charge in [-0.25, -0.2) is 4.98 Å². The first kappa shape index (κ1) is 11.8. The molecule has 2 N–H and O–H groups in total. The summed E-state index contributed by atoms with van der Waals surface area (Å²) in [6.45, 7) is 0. The monoisotopic (exact) mass is 274 g/mol. The van der Waals surface area contributed by atoms with E-state index in [9.17, 15) is 0 Å². The highest BCUT2D eigenvalue weighted by molar-refractivity contribution is 7.98. The summed E-state index contributed by atoms with van der Waals surface area (Å²) in [6, 6.07) is 7.22. The molecule has 0 fully saturated rings. The van der Waals surface area contributed by atoms with Gasteiger partial charge in [0.15, 0.2) is 5.76 Å². The van der Waals surface area contributed by atoms with Gasteiger partial charge in [0, 0.05) is 11.1 Å². The number of anilines is 1. The highest BCUT2D eigenvalue weighted by Crippen LogP contribution is 2.23. The van der Waals surface area contributed by atoms with Gasteiger partial charge in [0.05, 0.1) is 12.0 Å². The first-order chi connectivity index (χ1) is 9.31. The van der Waals surface area contributed by atoms with Crippen LogP contribution in [0.1, 0.15) is 5.89 Å². The van der Waals surface area contributed by atoms with E-state index in [0.29, 0.717) is 29.0 Å². The molecule has 0 amide bonds. The summed E-state index contributed by atoms with van der Waals surface area (Å²) < 4.78 is 10.3. The van der Waals surface area contributed by atoms with Crippen LogP contribution >= 0.6 is 11.8 Å². The third kappa shape index (κ3) is 2.76. The van der Waals surface area contributed by atoms with Crippen molar-refractivity contribution in [1.29, 1.82) is 0 Å². The minimum absolute atomic E-state index is 0.455. The molecule has 0 aliphatic heterocycles. The minimum atomic E-state index is 0.455. The van der Waals surface area contributed by atoms with Gasteiger partial charge in [-0.1, -0.05) is 5.16 Å². The lowest BCUT2D eigenvalue weighted by molar-refractivity contribution is 0.390. The van der Waals surface area contributed by atoms with E-state index in [-0.39, 0.29) is 0 Å². The molecule has 3 aromatic heterocycles. The van der Waals surface area contributed by atoms with E-state index in [0.717, 1.165) is 4.90 Å². The number of nitrogen functional groups attached to an aromatic ring is 1. The summed E-state index contributed by atoms with van der Waals surface area (Å²) in [6.07, 6.45) is 3.28. The zero-order valence-corrected chi connectivity index (χ0v) is 10.6. The smallest absolute Gasteiger partial charge is 0.238 e. The summed E-state index contributed by atoms with van der Waals surface area (Å²) in [5.74, 6) is 2.65. The van der Waals surface area contributed by atoms with Gasteiger partial charge in [-0.05, 0) is 24.3 Å². The van der Waals surface area contributed by atoms with Gasteiger partial charge >= 0.3 is 0 Å². The molecule has 3 aromatic rings. The van der Waals surface area contributed by atoms with Gasteiger partial charge in [-0.2, -0.15) is 4.98 Å². The highest BCUT2D eigenvalue weighted by atomic mass is 32.2. The normalized spacial score (nSPS) is 10.7. The number of thioether (sulfide) groups is 1. The van der Waals surface area contributed by atoms with Gasteiger partial charge in [-0.3, -0.25) is 0 Å². The molecular weight excluding hydrogens is 264 g/mol. The Balaban J connectivity index is 1.66. The maximum absolute atomic E-state index is 5.52. The lowest BCUT2D eigenvalue weighted by Gasteiger charge is -1.97. The van der Waals surface area contributed by atoms with Crippen LogP contribution in [0.25, 0.3) is 11.6 Å². The Morgan fingerprint density at radius 2 is 2.21 bits per heavy atom. The predicted octanol–water partition coefficient (Wildman–Crippen LogP) is 2.60. The van der Waals surface area contributed by atoms with E-state index in [1.165, 1.54) is 0 Å². The molecule has 0 saturated carbocycles. The van der Waals surface area contributed by atoms with Crippen molar-refractivity contribution in [3.8, 4) is 11.6 Å². The molecule has 0 radical (unpaired) electrons. The minimum Gasteiger partial charge on any atom is -0.461 e. The number of hydrogen-bond donors (Lipinski definition) is 1. The lowest BCUT2D eigenvalue weighted by atomic mass is 10.4. The largest absolute Gasteiger partial charge is 0.461 e. The van der Waals surface area contributed by atoms with E-state index in [1.807, 2.05) is 6.07 Å². The molecule has 0 saturated heterocycles. The average Bonchev–Trinajstić information content (AvgIpc) is 3.09. The molecule has 0 aliphatic rings. The van der Waals surface area contributed by atoms with Crippen LogP contribution in [0.4, 0.5) is 5.82 Å². The second-order valence-electron chi connectivity index (χ2n) is 3.70. The molecule has 0 atom stereocenters. The van der Waals surface area contributed by atoms with E-state index >= 15 is 0 Å². The molecule has 7 heteroatoms. The number of furan rings is 1. The fraction of sp³-hybridized carbons (Fsp3) is 0.0833. The van der Waals surface area contributed by atoms with Gasteiger partial charge in [0.25, 0.3) is 0 Å². The standard InChI is InChI=1S/C12H10N4O2S/c13-10-4-3-8(6-14-10)19-7-11-15-12(16-18-11)9-2-1-5-17-9/h1-6H,7H2,(H2,13,14). The molecule has 0 aliphatic carbocycles. The summed E-state index contributed by atoms with van der Waals surface area (Å²) >= 11 is 1.55. The van der Waals surface area contributed by atoms with Crippen molar-refractivity contribution in [3.63, 3.8) is 0 Å². The summed E-state index contributed by atoms with van der Waals surface area (Å²) in [5, 5.41) is 3.86. The number of nitrogens with two attached hydrogens (primary N) is 1. The van der Waals surface area contributed by atoms with Crippen molar-refractivity contribution in [2.24, 2.45) is 0 Å². The Hall–Kier alpha value is -2.28. The van der Waals surface area contributed by atoms with Crippen LogP contribution in [0.5, 0.6) is 0 Å². The molecular formula is C12H10N4O2S. The van der Waals surface area contributed by atoms with Crippen LogP contribution in [-0.4, -0.2) is 15.1 Å². The zero-order chi connectivity index (χ0) is 13.1. The van der Waals surface area contributed by atoms with Crippen molar-refractivity contribution in [2.75, 3.05) is 5.73 Å². The SMILES string of the molecule is Nc1ccc(SCc2nc(-c3ccco3)no2)cn1. The van der Waals surface area contributed by atoms with Gasteiger partial charge < -0.3 is 14.7 Å². The molecule has 0 spiro atoms. The van der Waals surface area contributed by atoms with Crippen molar-refractivity contribution in [3.05, 3.63) is 42.6 Å². The number of rotatable bonds is 4. The fourth-order valence-electron chi connectivity index (χ4n) is 1.44. The van der Waals surface area contributed by atoms with Crippen LogP contribution < -0.4 is 5.73 Å². The predicted molar refractivity (Wildman–Crippen MR) is 70.2 cm³/mol. The van der Waals surface area contributed by atoms with Crippen molar-refractivity contribution in [1.82, 2.24) is 15.1 Å². The molecule has 0 unspecified atom stereocenters. The molecule has 19 heavy (non-hydrogen) atoms. The third-order valence-electron chi connectivity index (χ3n) is 2.33. The lowest BCUT2D eigenvalue weighted by Crippen LogP contribution is -1.88. The van der Waals surface area contributed by atoms with E-state index in [2.05, 4.69) is 15.1 Å². The van der Waals surface area contributed by atoms with Crippen LogP contribution in [0.2, 0.25) is 0 Å². The molecule has 0 bridgehead atoms. The van der Waals surface area contributed by atoms with E-state index in [4.69, 9.17) is 14.7 Å². The fourth-order valence-corrected chi connectivity index (χ4v) is 2.14. The Labute approximate surface area is 113 Å². The number of aromatic nitrogens is 3. The number of pyridine rings is 1. The van der Waals surface area contributed by atoms with Gasteiger partial charge in [0.2, 0.25) is 11.7 Å². The molecule has 6 nitrogen and oxygen atoms in total. The molecule has 3 rings (SSSR count). The Kier molecular flexibility index (Phi) is 3.20. The highest BCUT2D eigenvalue weighted by Gasteiger charge is 2.10. The topological polar surface area (TPSA) is 91.0 Å². The van der Waals surface area contributed by atoms with Crippen molar-refractivity contribution in [2.45, 2.75) is 10.6 Å². The first-order valence-corrected chi connectivity index (χ1v) is 6.50. The number of hydrogen-bond acceptors (Lipinski definition) is 7. The average molecular weight is 274 g/mol. The van der Waals surface area contributed by atoms with Crippen LogP contribution in [-0.2, 0) is 5.75 Å². The summed E-state index contributed by atoms with van der Waals surface area (Å²) in [7, 11) is 0. The molecule has 0 aromatic carbocycles. The zero-order valence-electron chi connectivity index (χ0n) is 9.81. The first-order valence-electron chi connectivity index (χ1n) is 5.52. The Bertz CT molecular complexity index is 649. The van der Waals surface area contributed by atoms with Gasteiger partial charge in [-0.15, -0.1) is 11.8 Å². The Morgan fingerprint density at radius 1 is 1.26 bits per heavy atom. The maximum Gasteiger partial charge on any atom is 0.238 e. The maximum atomic E-state index is 5.52. The van der Waals surface area contributed by atoms with E-state index < -0.39 is 0 Å². The second-order valence-corrected chi connectivity index (χ2v) is 4.75.